The molecule has 0 saturated carbocycles. The zero-order chi connectivity index (χ0) is 5.11. The highest BCUT2D eigenvalue weighted by Gasteiger charge is 2.12. The Morgan fingerprint density at radius 2 is 2.57 bits per heavy atom. The summed E-state index contributed by atoms with van der Waals surface area (Å²) in [6, 6.07) is 0. The van der Waals surface area contributed by atoms with Crippen molar-refractivity contribution in [2.45, 2.75) is 18.9 Å². The molecule has 1 saturated heterocycles. The second-order valence-corrected chi connectivity index (χ2v) is 2.10. The van der Waals surface area contributed by atoms with Gasteiger partial charge in [-0.1, -0.05) is 0 Å². The van der Waals surface area contributed by atoms with Crippen LogP contribution in [0.5, 0.6) is 0 Å². The number of halogens is 1. The van der Waals surface area contributed by atoms with Crippen molar-refractivity contribution in [1.29, 1.82) is 0 Å². The molecule has 42 valence electrons. The molecule has 0 amide bonds. The van der Waals surface area contributed by atoms with Crippen molar-refractivity contribution in [3.8, 4) is 0 Å². The molecule has 0 aromatic carbocycles. The Morgan fingerprint density at radius 3 is 2.86 bits per heavy atom. The molecule has 1 heterocycles. The van der Waals surface area contributed by atoms with Gasteiger partial charge in [0.25, 0.3) is 0 Å². The first-order valence-electron chi connectivity index (χ1n) is 2.61. The summed E-state index contributed by atoms with van der Waals surface area (Å²) in [5.41, 5.74) is 0. The molecule has 0 spiro atoms. The lowest BCUT2D eigenvalue weighted by Gasteiger charge is -1.99. The van der Waals surface area contributed by atoms with Crippen LogP contribution >= 0.6 is 11.6 Å². The van der Waals surface area contributed by atoms with Gasteiger partial charge in [0.2, 0.25) is 0 Å². The molecular weight excluding hydrogens is 112 g/mol. The standard InChI is InChI=1S/C5H9ClO/c6-4-5-2-1-3-7-5/h5H,1-4H2. The van der Waals surface area contributed by atoms with E-state index in [9.17, 15) is 0 Å². The molecule has 0 N–H and O–H groups in total. The quantitative estimate of drug-likeness (QED) is 0.476. The van der Waals surface area contributed by atoms with Gasteiger partial charge in [0.15, 0.2) is 0 Å². The molecule has 1 atom stereocenters. The SMILES string of the molecule is ClCC1CCCO1. The Balaban J connectivity index is 2.14. The fraction of sp³-hybridized carbons (Fsp3) is 1.00. The van der Waals surface area contributed by atoms with E-state index in [1.54, 1.807) is 0 Å². The van der Waals surface area contributed by atoms with Crippen LogP contribution in [0, 0.1) is 0 Å². The second kappa shape index (κ2) is 2.53. The molecule has 7 heavy (non-hydrogen) atoms. The second-order valence-electron chi connectivity index (χ2n) is 1.79. The highest BCUT2D eigenvalue weighted by Crippen LogP contribution is 2.12. The zero-order valence-corrected chi connectivity index (χ0v) is 4.95. The van der Waals surface area contributed by atoms with Gasteiger partial charge in [0, 0.05) is 12.5 Å². The zero-order valence-electron chi connectivity index (χ0n) is 4.19. The van der Waals surface area contributed by atoms with Gasteiger partial charge < -0.3 is 4.74 Å². The van der Waals surface area contributed by atoms with Crippen LogP contribution in [0.15, 0.2) is 0 Å². The average molecular weight is 121 g/mol. The minimum absolute atomic E-state index is 0.363. The van der Waals surface area contributed by atoms with Crippen molar-refractivity contribution in [3.63, 3.8) is 0 Å². The van der Waals surface area contributed by atoms with E-state index in [2.05, 4.69) is 0 Å². The highest BCUT2D eigenvalue weighted by molar-refractivity contribution is 6.18. The molecule has 0 radical (unpaired) electrons. The van der Waals surface area contributed by atoms with Crippen LogP contribution in [0.4, 0.5) is 0 Å². The average Bonchev–Trinajstić information content (AvgIpc) is 2.14. The summed E-state index contributed by atoms with van der Waals surface area (Å²) < 4.78 is 5.17. The van der Waals surface area contributed by atoms with Crippen molar-refractivity contribution >= 4 is 11.6 Å². The van der Waals surface area contributed by atoms with Crippen LogP contribution in [-0.4, -0.2) is 18.6 Å². The third kappa shape index (κ3) is 1.32. The van der Waals surface area contributed by atoms with Gasteiger partial charge in [-0.3, -0.25) is 0 Å². The van der Waals surface area contributed by atoms with E-state index >= 15 is 0 Å². The molecular formula is C5H9ClO. The lowest BCUT2D eigenvalue weighted by atomic mass is 10.3. The van der Waals surface area contributed by atoms with Crippen LogP contribution in [0.3, 0.4) is 0 Å². The summed E-state index contributed by atoms with van der Waals surface area (Å²) in [6.45, 7) is 0.914. The van der Waals surface area contributed by atoms with Gasteiger partial charge in [-0.2, -0.15) is 0 Å². The van der Waals surface area contributed by atoms with Crippen molar-refractivity contribution in [1.82, 2.24) is 0 Å². The molecule has 0 aliphatic carbocycles. The highest BCUT2D eigenvalue weighted by atomic mass is 35.5. The molecule has 1 unspecified atom stereocenters. The normalized spacial score (nSPS) is 31.3. The molecule has 0 bridgehead atoms. The summed E-state index contributed by atoms with van der Waals surface area (Å²) in [4.78, 5) is 0. The van der Waals surface area contributed by atoms with E-state index in [1.807, 2.05) is 0 Å². The Labute approximate surface area is 48.6 Å². The van der Waals surface area contributed by atoms with E-state index in [4.69, 9.17) is 16.3 Å². The summed E-state index contributed by atoms with van der Waals surface area (Å²) in [7, 11) is 0. The lowest BCUT2D eigenvalue weighted by molar-refractivity contribution is 0.128. The minimum Gasteiger partial charge on any atom is -0.377 e. The molecule has 1 nitrogen and oxygen atoms in total. The van der Waals surface area contributed by atoms with Crippen LogP contribution in [0.25, 0.3) is 0 Å². The van der Waals surface area contributed by atoms with Crippen molar-refractivity contribution < 1.29 is 4.74 Å². The largest absolute Gasteiger partial charge is 0.377 e. The number of rotatable bonds is 1. The first-order valence-corrected chi connectivity index (χ1v) is 3.14. The lowest BCUT2D eigenvalue weighted by Crippen LogP contribution is -2.04. The van der Waals surface area contributed by atoms with Gasteiger partial charge in [-0.25, -0.2) is 0 Å². The van der Waals surface area contributed by atoms with Gasteiger partial charge in [-0.05, 0) is 12.8 Å². The predicted octanol–water partition coefficient (Wildman–Crippen LogP) is 1.40. The molecule has 1 aliphatic rings. The molecule has 1 fully saturated rings. The first-order chi connectivity index (χ1) is 3.43. The fourth-order valence-corrected chi connectivity index (χ4v) is 1.01. The van der Waals surface area contributed by atoms with E-state index in [1.165, 1.54) is 6.42 Å². The predicted molar refractivity (Wildman–Crippen MR) is 29.7 cm³/mol. The Bertz CT molecular complexity index is 50.0. The van der Waals surface area contributed by atoms with Crippen LogP contribution in [-0.2, 0) is 4.74 Å². The van der Waals surface area contributed by atoms with E-state index in [0.717, 1.165) is 13.0 Å². The summed E-state index contributed by atoms with van der Waals surface area (Å²) in [6.07, 6.45) is 2.71. The van der Waals surface area contributed by atoms with Gasteiger partial charge in [0.1, 0.15) is 0 Å². The fourth-order valence-electron chi connectivity index (χ4n) is 0.766. The topological polar surface area (TPSA) is 9.23 Å². The van der Waals surface area contributed by atoms with Crippen molar-refractivity contribution in [2.24, 2.45) is 0 Å². The first kappa shape index (κ1) is 5.39. The van der Waals surface area contributed by atoms with Gasteiger partial charge in [0.05, 0.1) is 6.10 Å². The van der Waals surface area contributed by atoms with Crippen LogP contribution in [0.2, 0.25) is 0 Å². The third-order valence-electron chi connectivity index (χ3n) is 1.20. The molecule has 2 heteroatoms. The van der Waals surface area contributed by atoms with Gasteiger partial charge in [-0.15, -0.1) is 11.6 Å². The Hall–Kier alpha value is 0.250. The number of hydrogen-bond donors (Lipinski definition) is 0. The van der Waals surface area contributed by atoms with E-state index in [0.29, 0.717) is 12.0 Å². The maximum atomic E-state index is 5.48. The summed E-state index contributed by atoms with van der Waals surface area (Å²) in [5.74, 6) is 0.667. The van der Waals surface area contributed by atoms with Crippen molar-refractivity contribution in [2.75, 3.05) is 12.5 Å². The van der Waals surface area contributed by atoms with E-state index in [-0.39, 0.29) is 0 Å². The molecule has 0 aromatic rings. The number of ether oxygens (including phenoxy) is 1. The number of alkyl halides is 1. The van der Waals surface area contributed by atoms with Gasteiger partial charge >= 0.3 is 0 Å². The smallest absolute Gasteiger partial charge is 0.0711 e. The van der Waals surface area contributed by atoms with Crippen LogP contribution in [0.1, 0.15) is 12.8 Å². The monoisotopic (exact) mass is 120 g/mol. The number of hydrogen-bond acceptors (Lipinski definition) is 1. The minimum atomic E-state index is 0.363. The maximum Gasteiger partial charge on any atom is 0.0711 e. The van der Waals surface area contributed by atoms with Crippen LogP contribution < -0.4 is 0 Å². The maximum absolute atomic E-state index is 5.48. The molecule has 1 aliphatic heterocycles. The summed E-state index contributed by atoms with van der Waals surface area (Å²) >= 11 is 5.48. The third-order valence-corrected chi connectivity index (χ3v) is 1.54. The summed E-state index contributed by atoms with van der Waals surface area (Å²) in [5, 5.41) is 0. The Morgan fingerprint density at radius 1 is 1.71 bits per heavy atom. The molecule has 1 rings (SSSR count). The molecule has 0 aromatic heterocycles. The van der Waals surface area contributed by atoms with E-state index < -0.39 is 0 Å². The van der Waals surface area contributed by atoms with Crippen molar-refractivity contribution in [3.05, 3.63) is 0 Å². The Kier molecular flexibility index (Phi) is 1.95.